The zero-order valence-electron chi connectivity index (χ0n) is 16.5. The van der Waals surface area contributed by atoms with Gasteiger partial charge in [-0.15, -0.1) is 0 Å². The first-order valence-electron chi connectivity index (χ1n) is 8.78. The van der Waals surface area contributed by atoms with Crippen LogP contribution in [0.25, 0.3) is 0 Å². The van der Waals surface area contributed by atoms with E-state index in [1.54, 1.807) is 27.7 Å². The van der Waals surface area contributed by atoms with Gasteiger partial charge in [0.2, 0.25) is 0 Å². The van der Waals surface area contributed by atoms with Crippen LogP contribution in [0.2, 0.25) is 0 Å². The summed E-state index contributed by atoms with van der Waals surface area (Å²) < 4.78 is 14.6. The van der Waals surface area contributed by atoms with Crippen LogP contribution in [0.4, 0.5) is 4.79 Å². The number of amides is 1. The number of ketones is 1. The summed E-state index contributed by atoms with van der Waals surface area (Å²) in [6, 6.07) is -0.904. The highest BCUT2D eigenvalue weighted by atomic mass is 16.6. The lowest BCUT2D eigenvalue weighted by Gasteiger charge is -2.23. The van der Waals surface area contributed by atoms with Gasteiger partial charge in [0, 0.05) is 6.42 Å². The number of nitrogens with one attached hydrogen (secondary N) is 1. The Labute approximate surface area is 154 Å². The number of carbonyl (C=O) groups excluding carboxylic acids is 4. The number of ether oxygens (including phenoxy) is 3. The molecule has 2 atom stereocenters. The Morgan fingerprint density at radius 3 is 2.19 bits per heavy atom. The van der Waals surface area contributed by atoms with Gasteiger partial charge in [0.1, 0.15) is 11.5 Å². The summed E-state index contributed by atoms with van der Waals surface area (Å²) in [5.41, 5.74) is -0.693. The van der Waals surface area contributed by atoms with Gasteiger partial charge in [-0.3, -0.25) is 14.4 Å². The Balaban J connectivity index is 4.65. The molecule has 0 saturated carbocycles. The first-order valence-corrected chi connectivity index (χ1v) is 8.78. The molecule has 0 aliphatic carbocycles. The monoisotopic (exact) mass is 373 g/mol. The molecule has 8 heteroatoms. The average Bonchev–Trinajstić information content (AvgIpc) is 2.52. The fraction of sp³-hybridized carbons (Fsp3) is 0.778. The van der Waals surface area contributed by atoms with Crippen molar-refractivity contribution < 1.29 is 33.4 Å². The Morgan fingerprint density at radius 2 is 1.69 bits per heavy atom. The Morgan fingerprint density at radius 1 is 1.08 bits per heavy atom. The highest BCUT2D eigenvalue weighted by molar-refractivity contribution is 6.02. The number of alkyl carbamates (subject to hydrolysis) is 1. The van der Waals surface area contributed by atoms with Crippen LogP contribution in [0.15, 0.2) is 0 Å². The number of unbranched alkanes of at least 4 members (excludes halogenated alkanes) is 1. The molecule has 1 N–H and O–H groups in total. The zero-order valence-corrected chi connectivity index (χ0v) is 16.5. The zero-order chi connectivity index (χ0) is 20.3. The van der Waals surface area contributed by atoms with Gasteiger partial charge in [-0.05, 0) is 47.5 Å². The topological polar surface area (TPSA) is 108 Å². The molecule has 8 nitrogen and oxygen atoms in total. The maximum absolute atomic E-state index is 12.5. The van der Waals surface area contributed by atoms with E-state index in [1.165, 1.54) is 14.0 Å². The Bertz CT molecular complexity index is 496. The molecule has 1 amide bonds. The summed E-state index contributed by atoms with van der Waals surface area (Å²) in [6.07, 6.45) is 0.688. The molecule has 0 aromatic rings. The summed E-state index contributed by atoms with van der Waals surface area (Å²) in [7, 11) is 1.20. The van der Waals surface area contributed by atoms with Crippen molar-refractivity contribution in [3.8, 4) is 0 Å². The molecule has 0 aromatic heterocycles. The van der Waals surface area contributed by atoms with Crippen molar-refractivity contribution in [1.29, 1.82) is 0 Å². The van der Waals surface area contributed by atoms with Crippen LogP contribution in [0.1, 0.15) is 60.3 Å². The first kappa shape index (κ1) is 23.9. The van der Waals surface area contributed by atoms with E-state index in [1.807, 2.05) is 0 Å². The third kappa shape index (κ3) is 10.0. The van der Waals surface area contributed by atoms with E-state index in [9.17, 15) is 19.2 Å². The standard InChI is InChI=1S/C18H31NO7/c1-7-25-14(20)11-9-8-10-13(16(22)24-6)15(21)12(2)19-17(23)26-18(3,4)5/h12-13H,7-11H2,1-6H3,(H,19,23). The van der Waals surface area contributed by atoms with Crippen molar-refractivity contribution in [3.05, 3.63) is 0 Å². The number of rotatable bonds is 10. The van der Waals surface area contributed by atoms with Gasteiger partial charge in [-0.2, -0.15) is 0 Å². The Hall–Kier alpha value is -2.12. The minimum Gasteiger partial charge on any atom is -0.468 e. The lowest BCUT2D eigenvalue weighted by Crippen LogP contribution is -2.45. The predicted molar refractivity (Wildman–Crippen MR) is 94.4 cm³/mol. The van der Waals surface area contributed by atoms with Crippen LogP contribution in [0.3, 0.4) is 0 Å². The molecule has 0 saturated heterocycles. The highest BCUT2D eigenvalue weighted by Gasteiger charge is 2.32. The summed E-state index contributed by atoms with van der Waals surface area (Å²) in [6.45, 7) is 8.65. The largest absolute Gasteiger partial charge is 0.468 e. The summed E-state index contributed by atoms with van der Waals surface area (Å²) in [5.74, 6) is -2.44. The minimum atomic E-state index is -1.01. The molecule has 0 bridgehead atoms. The number of esters is 2. The average molecular weight is 373 g/mol. The molecule has 0 heterocycles. The van der Waals surface area contributed by atoms with Crippen LogP contribution in [0, 0.1) is 5.92 Å². The van der Waals surface area contributed by atoms with Crippen molar-refractivity contribution in [2.24, 2.45) is 5.92 Å². The molecule has 2 unspecified atom stereocenters. The van der Waals surface area contributed by atoms with Gasteiger partial charge < -0.3 is 19.5 Å². The van der Waals surface area contributed by atoms with Gasteiger partial charge in [0.25, 0.3) is 0 Å². The lowest BCUT2D eigenvalue weighted by molar-refractivity contribution is -0.150. The molecular formula is C18H31NO7. The van der Waals surface area contributed by atoms with Crippen LogP contribution < -0.4 is 5.32 Å². The van der Waals surface area contributed by atoms with Crippen molar-refractivity contribution >= 4 is 23.8 Å². The molecule has 0 aromatic carbocycles. The number of methoxy groups -OCH3 is 1. The molecule has 0 spiro atoms. The normalized spacial score (nSPS) is 13.3. The number of hydrogen-bond acceptors (Lipinski definition) is 7. The van der Waals surface area contributed by atoms with Crippen LogP contribution in [0.5, 0.6) is 0 Å². The molecular weight excluding hydrogens is 342 g/mol. The number of Topliss-reactive ketones (excluding diaryl/α,β-unsaturated/α-hetero) is 1. The molecule has 0 aliphatic heterocycles. The molecule has 150 valence electrons. The van der Waals surface area contributed by atoms with Crippen LogP contribution in [-0.4, -0.2) is 49.2 Å². The van der Waals surface area contributed by atoms with Crippen molar-refractivity contribution in [3.63, 3.8) is 0 Å². The summed E-state index contributed by atoms with van der Waals surface area (Å²) >= 11 is 0. The van der Waals surface area contributed by atoms with Gasteiger partial charge in [-0.1, -0.05) is 6.42 Å². The fourth-order valence-corrected chi connectivity index (χ4v) is 2.23. The second-order valence-electron chi connectivity index (χ2n) is 6.90. The summed E-state index contributed by atoms with van der Waals surface area (Å²) in [5, 5.41) is 2.43. The maximum Gasteiger partial charge on any atom is 0.408 e. The maximum atomic E-state index is 12.5. The quantitative estimate of drug-likeness (QED) is 0.271. The number of carbonyl (C=O) groups is 4. The molecule has 0 rings (SSSR count). The molecule has 0 fully saturated rings. The van der Waals surface area contributed by atoms with E-state index < -0.39 is 35.4 Å². The number of hydrogen-bond donors (Lipinski definition) is 1. The molecule has 26 heavy (non-hydrogen) atoms. The van der Waals surface area contributed by atoms with Crippen molar-refractivity contribution in [1.82, 2.24) is 5.32 Å². The van der Waals surface area contributed by atoms with Gasteiger partial charge >= 0.3 is 18.0 Å². The van der Waals surface area contributed by atoms with E-state index in [4.69, 9.17) is 14.2 Å². The smallest absolute Gasteiger partial charge is 0.408 e. The SMILES string of the molecule is CCOC(=O)CCCCC(C(=O)OC)C(=O)C(C)NC(=O)OC(C)(C)C. The van der Waals surface area contributed by atoms with Crippen LogP contribution >= 0.6 is 0 Å². The molecule has 0 radical (unpaired) electrons. The second-order valence-corrected chi connectivity index (χ2v) is 6.90. The highest BCUT2D eigenvalue weighted by Crippen LogP contribution is 2.16. The van der Waals surface area contributed by atoms with Crippen LogP contribution in [-0.2, 0) is 28.6 Å². The summed E-state index contributed by atoms with van der Waals surface area (Å²) in [4.78, 5) is 47.5. The first-order chi connectivity index (χ1) is 12.0. The Kier molecular flexibility index (Phi) is 10.6. The lowest BCUT2D eigenvalue weighted by atomic mass is 9.93. The van der Waals surface area contributed by atoms with Gasteiger partial charge in [0.15, 0.2) is 5.78 Å². The van der Waals surface area contributed by atoms with Crippen molar-refractivity contribution in [2.75, 3.05) is 13.7 Å². The van der Waals surface area contributed by atoms with Gasteiger partial charge in [0.05, 0.1) is 19.8 Å². The fourth-order valence-electron chi connectivity index (χ4n) is 2.23. The minimum absolute atomic E-state index is 0.224. The third-order valence-corrected chi connectivity index (χ3v) is 3.42. The van der Waals surface area contributed by atoms with Crippen molar-refractivity contribution in [2.45, 2.75) is 71.9 Å². The van der Waals surface area contributed by atoms with E-state index in [0.29, 0.717) is 19.4 Å². The molecule has 0 aliphatic rings. The second kappa shape index (κ2) is 11.5. The van der Waals surface area contributed by atoms with E-state index >= 15 is 0 Å². The predicted octanol–water partition coefficient (Wildman–Crippen LogP) is 2.38. The third-order valence-electron chi connectivity index (χ3n) is 3.42. The van der Waals surface area contributed by atoms with Gasteiger partial charge in [-0.25, -0.2) is 4.79 Å². The van der Waals surface area contributed by atoms with E-state index in [0.717, 1.165) is 0 Å². The van der Waals surface area contributed by atoms with E-state index in [2.05, 4.69) is 5.32 Å². The van der Waals surface area contributed by atoms with E-state index in [-0.39, 0.29) is 18.8 Å².